The molecule has 0 aromatic carbocycles. The van der Waals surface area contributed by atoms with Crippen LogP contribution in [0.1, 0.15) is 35.9 Å². The zero-order chi connectivity index (χ0) is 9.14. The summed E-state index contributed by atoms with van der Waals surface area (Å²) in [4.78, 5) is 14.5. The van der Waals surface area contributed by atoms with Gasteiger partial charge in [0, 0.05) is 26.1 Å². The Hall–Kier alpha value is -0.718. The van der Waals surface area contributed by atoms with Crippen LogP contribution in [0.15, 0.2) is 18.2 Å². The predicted octanol–water partition coefficient (Wildman–Crippen LogP) is 1.90. The van der Waals surface area contributed by atoms with Gasteiger partial charge in [-0.2, -0.15) is 0 Å². The zero-order valence-electron chi connectivity index (χ0n) is 7.49. The van der Waals surface area contributed by atoms with Gasteiger partial charge in [-0.25, -0.2) is 9.78 Å². The normalized spacial score (nSPS) is 9.46. The molecule has 13 heavy (non-hydrogen) atoms. The first kappa shape index (κ1) is 12.3. The molecule has 1 rings (SSSR count). The standard InChI is InChI=1S/C9H11NO2.Re/c1-6(2)7-4-3-5-8(10-7)9(11)12;/h3-6H,1-2H3,(H,11,12);. The summed E-state index contributed by atoms with van der Waals surface area (Å²) in [6.07, 6.45) is 0. The van der Waals surface area contributed by atoms with Gasteiger partial charge in [-0.1, -0.05) is 19.9 Å². The molecule has 0 saturated heterocycles. The van der Waals surface area contributed by atoms with Crippen molar-refractivity contribution in [2.75, 3.05) is 0 Å². The van der Waals surface area contributed by atoms with Crippen LogP contribution in [0.4, 0.5) is 0 Å². The summed E-state index contributed by atoms with van der Waals surface area (Å²) in [6.45, 7) is 3.96. The second kappa shape index (κ2) is 5.11. The number of hydrogen-bond donors (Lipinski definition) is 1. The first-order valence-corrected chi connectivity index (χ1v) is 3.81. The quantitative estimate of drug-likeness (QED) is 0.885. The Kier molecular flexibility index (Phi) is 4.83. The largest absolute Gasteiger partial charge is 0.477 e. The van der Waals surface area contributed by atoms with E-state index in [-0.39, 0.29) is 32.0 Å². The van der Waals surface area contributed by atoms with Crippen molar-refractivity contribution in [3.05, 3.63) is 29.6 Å². The van der Waals surface area contributed by atoms with Crippen molar-refractivity contribution in [1.82, 2.24) is 4.98 Å². The van der Waals surface area contributed by atoms with Crippen molar-refractivity contribution >= 4 is 5.97 Å². The summed E-state index contributed by atoms with van der Waals surface area (Å²) >= 11 is 0. The molecular weight excluding hydrogens is 340 g/mol. The number of hydrogen-bond acceptors (Lipinski definition) is 2. The number of carboxylic acids is 1. The van der Waals surface area contributed by atoms with Gasteiger partial charge < -0.3 is 5.11 Å². The summed E-state index contributed by atoms with van der Waals surface area (Å²) in [7, 11) is 0. The summed E-state index contributed by atoms with van der Waals surface area (Å²) in [5, 5.41) is 8.63. The van der Waals surface area contributed by atoms with Crippen molar-refractivity contribution in [2.45, 2.75) is 19.8 Å². The van der Waals surface area contributed by atoms with Crippen LogP contribution in [0.3, 0.4) is 0 Å². The Morgan fingerprint density at radius 1 is 1.46 bits per heavy atom. The molecule has 0 bridgehead atoms. The Bertz CT molecular complexity index is 299. The SMILES string of the molecule is CC(C)c1cccc(C(=O)O)n1.[Re]. The summed E-state index contributed by atoms with van der Waals surface area (Å²) < 4.78 is 0. The van der Waals surface area contributed by atoms with Crippen LogP contribution in [0.25, 0.3) is 0 Å². The van der Waals surface area contributed by atoms with E-state index in [4.69, 9.17) is 5.11 Å². The van der Waals surface area contributed by atoms with Gasteiger partial charge >= 0.3 is 5.97 Å². The third-order valence-corrected chi connectivity index (χ3v) is 1.58. The van der Waals surface area contributed by atoms with Gasteiger partial charge in [0.25, 0.3) is 0 Å². The molecule has 0 unspecified atom stereocenters. The first-order chi connectivity index (χ1) is 5.61. The zero-order valence-corrected chi connectivity index (χ0v) is 10.2. The molecule has 3 nitrogen and oxygen atoms in total. The second-order valence-corrected chi connectivity index (χ2v) is 2.91. The van der Waals surface area contributed by atoms with E-state index in [2.05, 4.69) is 4.98 Å². The average molecular weight is 351 g/mol. The smallest absolute Gasteiger partial charge is 0.354 e. The minimum absolute atomic E-state index is 0. The molecule has 1 N–H and O–H groups in total. The van der Waals surface area contributed by atoms with Gasteiger partial charge in [-0.15, -0.1) is 0 Å². The minimum atomic E-state index is -0.975. The molecule has 1 heterocycles. The average Bonchev–Trinajstić information content (AvgIpc) is 2.04. The van der Waals surface area contributed by atoms with E-state index in [1.807, 2.05) is 19.9 Å². The first-order valence-electron chi connectivity index (χ1n) is 3.81. The number of carbonyl (C=O) groups is 1. The molecule has 0 aliphatic heterocycles. The van der Waals surface area contributed by atoms with Crippen LogP contribution >= 0.6 is 0 Å². The van der Waals surface area contributed by atoms with E-state index in [1.165, 1.54) is 6.07 Å². The van der Waals surface area contributed by atoms with Crippen LogP contribution < -0.4 is 0 Å². The van der Waals surface area contributed by atoms with E-state index in [1.54, 1.807) is 6.07 Å². The maximum atomic E-state index is 10.5. The molecular formula is C9H11NO2Re. The van der Waals surface area contributed by atoms with Crippen LogP contribution in [0.2, 0.25) is 0 Å². The van der Waals surface area contributed by atoms with Crippen molar-refractivity contribution in [2.24, 2.45) is 0 Å². The summed E-state index contributed by atoms with van der Waals surface area (Å²) in [6, 6.07) is 5.04. The van der Waals surface area contributed by atoms with Crippen LogP contribution in [0.5, 0.6) is 0 Å². The summed E-state index contributed by atoms with van der Waals surface area (Å²) in [5.74, 6) is -0.707. The Balaban J connectivity index is 0.00000144. The van der Waals surface area contributed by atoms with Gasteiger partial charge in [0.1, 0.15) is 5.69 Å². The number of aromatic nitrogens is 1. The molecule has 0 fully saturated rings. The van der Waals surface area contributed by atoms with E-state index >= 15 is 0 Å². The molecule has 4 heteroatoms. The molecule has 1 aromatic heterocycles. The number of carboxylic acid groups (broad SMARTS) is 1. The number of pyridine rings is 1. The van der Waals surface area contributed by atoms with Crippen molar-refractivity contribution < 1.29 is 30.3 Å². The van der Waals surface area contributed by atoms with E-state index in [0.29, 0.717) is 0 Å². The fourth-order valence-electron chi connectivity index (χ4n) is 0.892. The number of aromatic carboxylic acids is 1. The van der Waals surface area contributed by atoms with Crippen molar-refractivity contribution in [1.29, 1.82) is 0 Å². The predicted molar refractivity (Wildman–Crippen MR) is 45.3 cm³/mol. The molecule has 0 saturated carbocycles. The van der Waals surface area contributed by atoms with Gasteiger partial charge in [0.2, 0.25) is 0 Å². The van der Waals surface area contributed by atoms with Crippen LogP contribution in [-0.2, 0) is 20.4 Å². The third-order valence-electron chi connectivity index (χ3n) is 1.58. The topological polar surface area (TPSA) is 50.2 Å². The van der Waals surface area contributed by atoms with Gasteiger partial charge in [-0.05, 0) is 18.1 Å². The molecule has 0 aliphatic rings. The number of rotatable bonds is 2. The molecule has 71 valence electrons. The monoisotopic (exact) mass is 352 g/mol. The molecule has 0 amide bonds. The molecule has 0 aliphatic carbocycles. The third kappa shape index (κ3) is 3.25. The fraction of sp³-hybridized carbons (Fsp3) is 0.333. The second-order valence-electron chi connectivity index (χ2n) is 2.91. The van der Waals surface area contributed by atoms with Crippen LogP contribution in [-0.4, -0.2) is 16.1 Å². The summed E-state index contributed by atoms with van der Waals surface area (Å²) in [5.41, 5.74) is 0.927. The Labute approximate surface area is 90.8 Å². The Morgan fingerprint density at radius 3 is 2.54 bits per heavy atom. The van der Waals surface area contributed by atoms with E-state index in [0.717, 1.165) is 5.69 Å². The van der Waals surface area contributed by atoms with E-state index < -0.39 is 5.97 Å². The van der Waals surface area contributed by atoms with Crippen molar-refractivity contribution in [3.63, 3.8) is 0 Å². The molecule has 0 atom stereocenters. The minimum Gasteiger partial charge on any atom is -0.477 e. The van der Waals surface area contributed by atoms with Gasteiger partial charge in [-0.3, -0.25) is 0 Å². The maximum absolute atomic E-state index is 10.5. The van der Waals surface area contributed by atoms with Crippen molar-refractivity contribution in [3.8, 4) is 0 Å². The fourth-order valence-corrected chi connectivity index (χ4v) is 0.892. The van der Waals surface area contributed by atoms with E-state index in [9.17, 15) is 4.79 Å². The van der Waals surface area contributed by atoms with Gasteiger partial charge in [0.05, 0.1) is 0 Å². The Morgan fingerprint density at radius 2 is 2.08 bits per heavy atom. The maximum Gasteiger partial charge on any atom is 0.354 e. The molecule has 1 radical (unpaired) electrons. The molecule has 1 aromatic rings. The molecule has 0 spiro atoms. The van der Waals surface area contributed by atoms with Crippen LogP contribution in [0, 0.1) is 0 Å². The number of nitrogens with zero attached hydrogens (tertiary/aromatic N) is 1. The van der Waals surface area contributed by atoms with Gasteiger partial charge in [0.15, 0.2) is 0 Å².